The Balaban J connectivity index is 2.42. The monoisotopic (exact) mass is 261 g/mol. The van der Waals surface area contributed by atoms with Crippen molar-refractivity contribution >= 4 is 11.9 Å². The van der Waals surface area contributed by atoms with E-state index in [4.69, 9.17) is 4.74 Å². The molecular weight excluding hydrogens is 242 g/mol. The molecule has 1 aromatic carbocycles. The molecule has 1 amide bonds. The summed E-state index contributed by atoms with van der Waals surface area (Å²) >= 11 is 0. The van der Waals surface area contributed by atoms with E-state index in [9.17, 15) is 9.59 Å². The number of rotatable bonds is 3. The molecule has 0 aromatic heterocycles. The van der Waals surface area contributed by atoms with Crippen molar-refractivity contribution < 1.29 is 14.3 Å². The lowest BCUT2D eigenvalue weighted by Gasteiger charge is -2.30. The number of carbonyl (C=O) groups is 2. The van der Waals surface area contributed by atoms with Crippen LogP contribution in [0.4, 0.5) is 0 Å². The number of nitrogens with one attached hydrogen (secondary N) is 1. The van der Waals surface area contributed by atoms with Crippen LogP contribution in [0.2, 0.25) is 0 Å². The van der Waals surface area contributed by atoms with Gasteiger partial charge in [0.05, 0.1) is 6.61 Å². The predicted molar refractivity (Wildman–Crippen MR) is 71.7 cm³/mol. The van der Waals surface area contributed by atoms with E-state index in [2.05, 4.69) is 5.32 Å². The normalized spacial score (nSPS) is 26.1. The largest absolute Gasteiger partial charge is 0.464 e. The molecule has 0 bridgehead atoms. The molecule has 1 saturated heterocycles. The molecule has 0 spiro atoms. The molecule has 1 heterocycles. The van der Waals surface area contributed by atoms with E-state index in [1.54, 1.807) is 6.92 Å². The maximum Gasteiger partial charge on any atom is 0.329 e. The van der Waals surface area contributed by atoms with Gasteiger partial charge in [-0.15, -0.1) is 0 Å². The fourth-order valence-corrected chi connectivity index (χ4v) is 2.82. The minimum absolute atomic E-state index is 0.108. The second-order valence-corrected chi connectivity index (χ2v) is 5.16. The van der Waals surface area contributed by atoms with Gasteiger partial charge in [0.15, 0.2) is 0 Å². The molecular formula is C15H19NO3. The molecule has 2 atom stereocenters. The van der Waals surface area contributed by atoms with E-state index in [0.717, 1.165) is 11.1 Å². The molecule has 1 N–H and O–H groups in total. The lowest BCUT2D eigenvalue weighted by atomic mass is 9.74. The standard InChI is InChI=1S/C15H19NO3/c1-4-19-14(18)13-15(3,9-12(17)16-13)11-8-6-5-7-10(11)2/h5-8,13H,4,9H2,1-3H3,(H,16,17). The quantitative estimate of drug-likeness (QED) is 0.843. The highest BCUT2D eigenvalue weighted by molar-refractivity contribution is 5.91. The van der Waals surface area contributed by atoms with Gasteiger partial charge >= 0.3 is 5.97 Å². The molecule has 2 unspecified atom stereocenters. The third-order valence-corrected chi connectivity index (χ3v) is 3.75. The molecule has 1 aromatic rings. The van der Waals surface area contributed by atoms with Gasteiger partial charge in [0.25, 0.3) is 0 Å². The molecule has 1 fully saturated rings. The van der Waals surface area contributed by atoms with Gasteiger partial charge in [0.2, 0.25) is 5.91 Å². The molecule has 0 saturated carbocycles. The van der Waals surface area contributed by atoms with Crippen molar-refractivity contribution in [2.75, 3.05) is 6.61 Å². The molecule has 4 nitrogen and oxygen atoms in total. The zero-order valence-electron chi connectivity index (χ0n) is 11.5. The van der Waals surface area contributed by atoms with Gasteiger partial charge in [-0.25, -0.2) is 4.79 Å². The molecule has 2 rings (SSSR count). The molecule has 19 heavy (non-hydrogen) atoms. The van der Waals surface area contributed by atoms with Gasteiger partial charge in [-0.3, -0.25) is 4.79 Å². The topological polar surface area (TPSA) is 55.4 Å². The maximum atomic E-state index is 12.1. The summed E-state index contributed by atoms with van der Waals surface area (Å²) in [6.07, 6.45) is 0.307. The fourth-order valence-electron chi connectivity index (χ4n) is 2.82. The maximum absolute atomic E-state index is 12.1. The number of hydrogen-bond donors (Lipinski definition) is 1. The number of hydrogen-bond acceptors (Lipinski definition) is 3. The van der Waals surface area contributed by atoms with E-state index in [1.165, 1.54) is 0 Å². The lowest BCUT2D eigenvalue weighted by Crippen LogP contribution is -2.46. The van der Waals surface area contributed by atoms with Crippen LogP contribution >= 0.6 is 0 Å². The van der Waals surface area contributed by atoms with Gasteiger partial charge < -0.3 is 10.1 Å². The lowest BCUT2D eigenvalue weighted by molar-refractivity contribution is -0.147. The first-order valence-electron chi connectivity index (χ1n) is 6.51. The van der Waals surface area contributed by atoms with Gasteiger partial charge in [0, 0.05) is 11.8 Å². The zero-order valence-corrected chi connectivity index (χ0v) is 11.5. The Morgan fingerprint density at radius 1 is 1.47 bits per heavy atom. The number of amides is 1. The number of aryl methyl sites for hydroxylation is 1. The summed E-state index contributed by atoms with van der Waals surface area (Å²) in [5.74, 6) is -0.470. The second-order valence-electron chi connectivity index (χ2n) is 5.16. The Kier molecular flexibility index (Phi) is 3.60. The Morgan fingerprint density at radius 3 is 2.79 bits per heavy atom. The summed E-state index contributed by atoms with van der Waals surface area (Å²) in [5, 5.41) is 2.74. The summed E-state index contributed by atoms with van der Waals surface area (Å²) in [5.41, 5.74) is 1.55. The summed E-state index contributed by atoms with van der Waals surface area (Å²) in [4.78, 5) is 23.8. The van der Waals surface area contributed by atoms with Crippen LogP contribution in [0.5, 0.6) is 0 Å². The van der Waals surface area contributed by atoms with E-state index in [1.807, 2.05) is 38.1 Å². The van der Waals surface area contributed by atoms with Crippen LogP contribution in [0.1, 0.15) is 31.4 Å². The highest BCUT2D eigenvalue weighted by atomic mass is 16.5. The van der Waals surface area contributed by atoms with Crippen LogP contribution in [0.25, 0.3) is 0 Å². The average Bonchev–Trinajstić information content (AvgIpc) is 2.66. The zero-order chi connectivity index (χ0) is 14.0. The first kappa shape index (κ1) is 13.6. The average molecular weight is 261 g/mol. The number of benzene rings is 1. The molecule has 0 radical (unpaired) electrons. The number of ether oxygens (including phenoxy) is 1. The third-order valence-electron chi connectivity index (χ3n) is 3.75. The van der Waals surface area contributed by atoms with Gasteiger partial charge in [0.1, 0.15) is 6.04 Å². The van der Waals surface area contributed by atoms with Crippen molar-refractivity contribution in [3.8, 4) is 0 Å². The highest BCUT2D eigenvalue weighted by Gasteiger charge is 2.49. The Hall–Kier alpha value is -1.84. The van der Waals surface area contributed by atoms with Crippen LogP contribution in [0, 0.1) is 6.92 Å². The first-order valence-corrected chi connectivity index (χ1v) is 6.51. The van der Waals surface area contributed by atoms with Crippen molar-refractivity contribution in [2.24, 2.45) is 0 Å². The minimum atomic E-state index is -0.610. The SMILES string of the molecule is CCOC(=O)C1NC(=O)CC1(C)c1ccccc1C. The third kappa shape index (κ3) is 2.35. The fraction of sp³-hybridized carbons (Fsp3) is 0.467. The summed E-state index contributed by atoms with van der Waals surface area (Å²) in [7, 11) is 0. The Bertz CT molecular complexity index is 512. The van der Waals surface area contributed by atoms with E-state index < -0.39 is 11.5 Å². The second kappa shape index (κ2) is 5.03. The number of esters is 1. The van der Waals surface area contributed by atoms with Gasteiger partial charge in [-0.1, -0.05) is 31.2 Å². The summed E-state index contributed by atoms with van der Waals surface area (Å²) < 4.78 is 5.08. The van der Waals surface area contributed by atoms with E-state index >= 15 is 0 Å². The minimum Gasteiger partial charge on any atom is -0.464 e. The molecule has 1 aliphatic rings. The van der Waals surface area contributed by atoms with Crippen LogP contribution in [0.15, 0.2) is 24.3 Å². The van der Waals surface area contributed by atoms with E-state index in [0.29, 0.717) is 13.0 Å². The molecule has 1 aliphatic heterocycles. The van der Waals surface area contributed by atoms with Gasteiger partial charge in [-0.2, -0.15) is 0 Å². The Morgan fingerprint density at radius 2 is 2.16 bits per heavy atom. The first-order chi connectivity index (χ1) is 8.99. The molecule has 4 heteroatoms. The highest BCUT2D eigenvalue weighted by Crippen LogP contribution is 2.37. The van der Waals surface area contributed by atoms with Crippen LogP contribution in [-0.2, 0) is 19.7 Å². The van der Waals surface area contributed by atoms with Crippen molar-refractivity contribution in [1.29, 1.82) is 0 Å². The molecule has 102 valence electrons. The van der Waals surface area contributed by atoms with E-state index in [-0.39, 0.29) is 11.9 Å². The predicted octanol–water partition coefficient (Wildman–Crippen LogP) is 1.70. The van der Waals surface area contributed by atoms with Crippen molar-refractivity contribution in [1.82, 2.24) is 5.32 Å². The summed E-state index contributed by atoms with van der Waals surface area (Å²) in [6, 6.07) is 7.23. The van der Waals surface area contributed by atoms with Gasteiger partial charge in [-0.05, 0) is 25.0 Å². The van der Waals surface area contributed by atoms with Crippen molar-refractivity contribution in [3.05, 3.63) is 35.4 Å². The van der Waals surface area contributed by atoms with Crippen LogP contribution in [-0.4, -0.2) is 24.5 Å². The Labute approximate surface area is 113 Å². The number of carbonyl (C=O) groups excluding carboxylic acids is 2. The van der Waals surface area contributed by atoms with Crippen molar-refractivity contribution in [3.63, 3.8) is 0 Å². The summed E-state index contributed by atoms with van der Waals surface area (Å²) in [6.45, 7) is 6.01. The molecule has 0 aliphatic carbocycles. The van der Waals surface area contributed by atoms with Crippen LogP contribution in [0.3, 0.4) is 0 Å². The van der Waals surface area contributed by atoms with Crippen LogP contribution < -0.4 is 5.32 Å². The smallest absolute Gasteiger partial charge is 0.329 e. The van der Waals surface area contributed by atoms with Crippen molar-refractivity contribution in [2.45, 2.75) is 38.6 Å².